The molecule has 1 aliphatic heterocycles. The number of hydrogen-bond acceptors (Lipinski definition) is 4. The normalized spacial score (nSPS) is 32.4. The zero-order valence-corrected chi connectivity index (χ0v) is 16.2. The van der Waals surface area contributed by atoms with Crippen LogP contribution in [0.3, 0.4) is 0 Å². The molecule has 3 unspecified atom stereocenters. The third kappa shape index (κ3) is 2.49. The lowest BCUT2D eigenvalue weighted by molar-refractivity contribution is -0.117. The van der Waals surface area contributed by atoms with E-state index < -0.39 is 6.10 Å². The van der Waals surface area contributed by atoms with Crippen LogP contribution in [0.2, 0.25) is 0 Å². The number of carbonyl (C=O) groups excluding carboxylic acids is 1. The number of aldehydes is 1. The lowest BCUT2D eigenvalue weighted by Gasteiger charge is -2.50. The molecule has 0 aromatic heterocycles. The number of phenols is 1. The maximum Gasteiger partial charge on any atom is 0.166 e. The van der Waals surface area contributed by atoms with Crippen LogP contribution in [0.5, 0.6) is 11.5 Å². The fraction of sp³-hybridized carbons (Fsp3) is 0.682. The van der Waals surface area contributed by atoms with Crippen molar-refractivity contribution in [3.05, 3.63) is 23.3 Å². The zero-order chi connectivity index (χ0) is 18.5. The molecular formula is C22H31NO3. The van der Waals surface area contributed by atoms with Crippen LogP contribution in [-0.4, -0.2) is 42.0 Å². The molecule has 0 amide bonds. The molecule has 0 spiro atoms. The summed E-state index contributed by atoms with van der Waals surface area (Å²) in [5.74, 6) is 1.94. The van der Waals surface area contributed by atoms with Crippen LogP contribution in [0.1, 0.15) is 57.1 Å². The molecule has 4 rings (SSSR count). The minimum absolute atomic E-state index is 0.174. The molecule has 2 aliphatic carbocycles. The summed E-state index contributed by atoms with van der Waals surface area (Å²) in [5.41, 5.74) is 2.07. The first-order valence-electron chi connectivity index (χ1n) is 10.2. The van der Waals surface area contributed by atoms with E-state index in [9.17, 15) is 9.90 Å². The van der Waals surface area contributed by atoms with Gasteiger partial charge in [0.05, 0.1) is 0 Å². The van der Waals surface area contributed by atoms with Gasteiger partial charge in [-0.2, -0.15) is 0 Å². The van der Waals surface area contributed by atoms with E-state index in [1.54, 1.807) is 6.07 Å². The van der Waals surface area contributed by atoms with Gasteiger partial charge < -0.3 is 14.7 Å². The Labute approximate surface area is 156 Å². The van der Waals surface area contributed by atoms with Crippen molar-refractivity contribution in [3.63, 3.8) is 0 Å². The van der Waals surface area contributed by atoms with Crippen LogP contribution in [0.15, 0.2) is 12.1 Å². The van der Waals surface area contributed by atoms with Gasteiger partial charge in [0.15, 0.2) is 23.9 Å². The third-order valence-electron chi connectivity index (χ3n) is 7.03. The van der Waals surface area contributed by atoms with Crippen LogP contribution >= 0.6 is 0 Å². The van der Waals surface area contributed by atoms with E-state index in [1.165, 1.54) is 18.4 Å². The minimum Gasteiger partial charge on any atom is -0.504 e. The molecule has 1 N–H and O–H groups in total. The van der Waals surface area contributed by atoms with Crippen molar-refractivity contribution in [1.82, 2.24) is 4.90 Å². The molecule has 1 aromatic rings. The molecule has 0 bridgehead atoms. The lowest BCUT2D eigenvalue weighted by atomic mass is 9.56. The van der Waals surface area contributed by atoms with Gasteiger partial charge in [-0.05, 0) is 56.2 Å². The van der Waals surface area contributed by atoms with Crippen molar-refractivity contribution < 1.29 is 14.6 Å². The number of carbonyl (C=O) groups is 1. The predicted molar refractivity (Wildman–Crippen MR) is 102 cm³/mol. The highest BCUT2D eigenvalue weighted by Crippen LogP contribution is 2.59. The lowest BCUT2D eigenvalue weighted by Crippen LogP contribution is -2.57. The van der Waals surface area contributed by atoms with E-state index in [0.29, 0.717) is 17.7 Å². The summed E-state index contributed by atoms with van der Waals surface area (Å²) >= 11 is 0. The second-order valence-electron chi connectivity index (χ2n) is 8.58. The van der Waals surface area contributed by atoms with Crippen LogP contribution in [0, 0.1) is 11.8 Å². The number of benzene rings is 1. The Balaban J connectivity index is 1.85. The van der Waals surface area contributed by atoms with Crippen molar-refractivity contribution in [2.24, 2.45) is 11.8 Å². The van der Waals surface area contributed by atoms with E-state index in [-0.39, 0.29) is 11.2 Å². The first-order valence-corrected chi connectivity index (χ1v) is 10.2. The predicted octanol–water partition coefficient (Wildman–Crippen LogP) is 3.68. The highest BCUT2D eigenvalue weighted by molar-refractivity contribution is 5.70. The molecule has 1 fully saturated rings. The van der Waals surface area contributed by atoms with Crippen molar-refractivity contribution >= 4 is 6.29 Å². The standard InChI is InChI=1S/C22H31NO3/c1-4-10-22-16(5-2)17(23(3)12-14-6-7-14)11-15-8-9-18(25)21(20(15)22)26-19(22)13-24/h8-9,13-14,16-17,19,25H,4-7,10-12H2,1-3H3/t16?,17?,19?,22-/m0/s1. The van der Waals surface area contributed by atoms with E-state index >= 15 is 0 Å². The number of likely N-dealkylation sites (N-methyl/N-ethyl adjacent to an activating group) is 1. The van der Waals surface area contributed by atoms with Gasteiger partial charge in [-0.25, -0.2) is 0 Å². The molecule has 0 saturated heterocycles. The van der Waals surface area contributed by atoms with Crippen molar-refractivity contribution in [2.45, 2.75) is 69.9 Å². The minimum atomic E-state index is -0.494. The van der Waals surface area contributed by atoms with Gasteiger partial charge in [-0.3, -0.25) is 4.79 Å². The largest absolute Gasteiger partial charge is 0.504 e. The maximum atomic E-state index is 12.1. The van der Waals surface area contributed by atoms with Crippen LogP contribution in [-0.2, 0) is 16.6 Å². The van der Waals surface area contributed by atoms with Gasteiger partial charge >= 0.3 is 0 Å². The third-order valence-corrected chi connectivity index (χ3v) is 7.03. The molecule has 4 atom stereocenters. The first-order chi connectivity index (χ1) is 12.6. The summed E-state index contributed by atoms with van der Waals surface area (Å²) in [7, 11) is 2.25. The number of aromatic hydroxyl groups is 1. The Morgan fingerprint density at radius 3 is 2.73 bits per heavy atom. The molecular weight excluding hydrogens is 326 g/mol. The second kappa shape index (κ2) is 6.56. The molecule has 1 aromatic carbocycles. The molecule has 0 radical (unpaired) electrons. The molecule has 4 heteroatoms. The summed E-state index contributed by atoms with van der Waals surface area (Å²) in [4.78, 5) is 14.6. The zero-order valence-electron chi connectivity index (χ0n) is 16.2. The Bertz CT molecular complexity index is 699. The Hall–Kier alpha value is -1.55. The fourth-order valence-electron chi connectivity index (χ4n) is 5.85. The molecule has 1 saturated carbocycles. The maximum absolute atomic E-state index is 12.1. The topological polar surface area (TPSA) is 49.8 Å². The Morgan fingerprint density at radius 2 is 2.12 bits per heavy atom. The van der Waals surface area contributed by atoms with Gasteiger partial charge in [-0.1, -0.05) is 32.8 Å². The van der Waals surface area contributed by atoms with E-state index in [4.69, 9.17) is 4.74 Å². The van der Waals surface area contributed by atoms with Crippen LogP contribution < -0.4 is 4.74 Å². The SMILES string of the molecule is CCC[C@@]12c3c(ccc(O)c3OC1C=O)CC(N(C)CC1CC1)C2CC. The number of phenolic OH excluding ortho intramolecular Hbond substituents is 1. The van der Waals surface area contributed by atoms with Gasteiger partial charge in [-0.15, -0.1) is 0 Å². The van der Waals surface area contributed by atoms with Crippen molar-refractivity contribution in [3.8, 4) is 11.5 Å². The average Bonchev–Trinajstić information content (AvgIpc) is 3.38. The second-order valence-corrected chi connectivity index (χ2v) is 8.58. The highest BCUT2D eigenvalue weighted by atomic mass is 16.5. The summed E-state index contributed by atoms with van der Waals surface area (Å²) in [6.07, 6.45) is 7.10. The smallest absolute Gasteiger partial charge is 0.166 e. The first kappa shape index (κ1) is 17.8. The monoisotopic (exact) mass is 357 g/mol. The van der Waals surface area contributed by atoms with Crippen LogP contribution in [0.25, 0.3) is 0 Å². The quantitative estimate of drug-likeness (QED) is 0.756. The molecule has 3 aliphatic rings. The van der Waals surface area contributed by atoms with Crippen molar-refractivity contribution in [1.29, 1.82) is 0 Å². The summed E-state index contributed by atoms with van der Waals surface area (Å²) < 4.78 is 6.08. The molecule has 1 heterocycles. The number of rotatable bonds is 7. The number of hydrogen-bond donors (Lipinski definition) is 1. The summed E-state index contributed by atoms with van der Waals surface area (Å²) in [6, 6.07) is 4.21. The van der Waals surface area contributed by atoms with Crippen molar-refractivity contribution in [2.75, 3.05) is 13.6 Å². The summed E-state index contributed by atoms with van der Waals surface area (Å²) in [5, 5.41) is 10.4. The van der Waals surface area contributed by atoms with Crippen LogP contribution in [0.4, 0.5) is 0 Å². The van der Waals surface area contributed by atoms with Gasteiger partial charge in [0.25, 0.3) is 0 Å². The van der Waals surface area contributed by atoms with Gasteiger partial charge in [0, 0.05) is 23.6 Å². The van der Waals surface area contributed by atoms with Gasteiger partial charge in [0.2, 0.25) is 0 Å². The van der Waals surface area contributed by atoms with Gasteiger partial charge in [0.1, 0.15) is 0 Å². The summed E-state index contributed by atoms with van der Waals surface area (Å²) in [6.45, 7) is 5.57. The Kier molecular flexibility index (Phi) is 4.50. The number of ether oxygens (including phenoxy) is 1. The molecule has 142 valence electrons. The van der Waals surface area contributed by atoms with E-state index in [2.05, 4.69) is 31.9 Å². The van der Waals surface area contributed by atoms with E-state index in [0.717, 1.165) is 50.0 Å². The Morgan fingerprint density at radius 1 is 1.35 bits per heavy atom. The van der Waals surface area contributed by atoms with E-state index in [1.807, 2.05) is 0 Å². The molecule has 4 nitrogen and oxygen atoms in total. The average molecular weight is 357 g/mol. The number of nitrogens with zero attached hydrogens (tertiary/aromatic N) is 1. The fourth-order valence-corrected chi connectivity index (χ4v) is 5.85. The highest BCUT2D eigenvalue weighted by Gasteiger charge is 2.59. The molecule has 26 heavy (non-hydrogen) atoms.